The Morgan fingerprint density at radius 1 is 1.69 bits per heavy atom. The van der Waals surface area contributed by atoms with Gasteiger partial charge in [-0.05, 0) is 6.07 Å². The van der Waals surface area contributed by atoms with Crippen molar-refractivity contribution in [3.05, 3.63) is 18.5 Å². The van der Waals surface area contributed by atoms with Crippen LogP contribution in [0.3, 0.4) is 0 Å². The van der Waals surface area contributed by atoms with Crippen LogP contribution < -0.4 is 0 Å². The molecule has 0 aliphatic carbocycles. The molecule has 0 saturated carbocycles. The van der Waals surface area contributed by atoms with Crippen molar-refractivity contribution in [2.75, 3.05) is 6.67 Å². The summed E-state index contributed by atoms with van der Waals surface area (Å²) in [6.45, 7) is 2.68. The van der Waals surface area contributed by atoms with Crippen LogP contribution in [-0.2, 0) is 0 Å². The first-order valence-electron chi connectivity index (χ1n) is 3.90. The largest absolute Gasteiger partial charge is 0.409 e. The standard InChI is InChI=1S/C8H12FN3O/c1-8(2,6-9)7(11-13)12-5-3-4-10-12/h3-5,13H,6H2,1-2H3/b11-7-. The van der Waals surface area contributed by atoms with Crippen molar-refractivity contribution < 1.29 is 9.60 Å². The van der Waals surface area contributed by atoms with Gasteiger partial charge in [-0.1, -0.05) is 19.0 Å². The quantitative estimate of drug-likeness (QED) is 0.328. The van der Waals surface area contributed by atoms with E-state index in [0.29, 0.717) is 0 Å². The van der Waals surface area contributed by atoms with E-state index in [-0.39, 0.29) is 5.84 Å². The molecule has 1 aromatic heterocycles. The molecule has 0 aliphatic rings. The van der Waals surface area contributed by atoms with Gasteiger partial charge >= 0.3 is 0 Å². The van der Waals surface area contributed by atoms with E-state index >= 15 is 0 Å². The molecular weight excluding hydrogens is 173 g/mol. The fourth-order valence-electron chi connectivity index (χ4n) is 0.945. The van der Waals surface area contributed by atoms with Gasteiger partial charge in [0.05, 0.1) is 5.41 Å². The van der Waals surface area contributed by atoms with E-state index in [1.807, 2.05) is 0 Å². The summed E-state index contributed by atoms with van der Waals surface area (Å²) < 4.78 is 13.9. The summed E-state index contributed by atoms with van der Waals surface area (Å²) in [4.78, 5) is 0. The Morgan fingerprint density at radius 3 is 2.77 bits per heavy atom. The number of alkyl halides is 1. The molecule has 4 nitrogen and oxygen atoms in total. The van der Waals surface area contributed by atoms with Gasteiger partial charge in [-0.15, -0.1) is 0 Å². The highest BCUT2D eigenvalue weighted by Crippen LogP contribution is 2.18. The molecule has 5 heteroatoms. The van der Waals surface area contributed by atoms with Gasteiger partial charge in [0.25, 0.3) is 0 Å². The molecule has 0 spiro atoms. The van der Waals surface area contributed by atoms with Crippen LogP contribution in [-0.4, -0.2) is 27.5 Å². The zero-order valence-electron chi connectivity index (χ0n) is 7.61. The smallest absolute Gasteiger partial charge is 0.176 e. The minimum atomic E-state index is -0.833. The number of oxime groups is 1. The Kier molecular flexibility index (Phi) is 2.65. The van der Waals surface area contributed by atoms with Gasteiger partial charge in [0.15, 0.2) is 5.84 Å². The van der Waals surface area contributed by atoms with Crippen LogP contribution in [0.25, 0.3) is 0 Å². The zero-order valence-corrected chi connectivity index (χ0v) is 7.61. The third-order valence-corrected chi connectivity index (χ3v) is 1.76. The first-order chi connectivity index (χ1) is 6.11. The van der Waals surface area contributed by atoms with Crippen molar-refractivity contribution in [1.29, 1.82) is 0 Å². The van der Waals surface area contributed by atoms with Crippen molar-refractivity contribution in [3.63, 3.8) is 0 Å². The predicted molar refractivity (Wildman–Crippen MR) is 46.6 cm³/mol. The summed E-state index contributed by atoms with van der Waals surface area (Å²) in [6, 6.07) is 1.68. The molecule has 0 radical (unpaired) electrons. The number of hydrogen-bond donors (Lipinski definition) is 1. The molecule has 0 amide bonds. The summed E-state index contributed by atoms with van der Waals surface area (Å²) in [7, 11) is 0. The number of hydrogen-bond acceptors (Lipinski definition) is 3. The van der Waals surface area contributed by atoms with E-state index < -0.39 is 12.1 Å². The number of nitrogens with zero attached hydrogens (tertiary/aromatic N) is 3. The van der Waals surface area contributed by atoms with E-state index in [1.165, 1.54) is 4.68 Å². The van der Waals surface area contributed by atoms with E-state index in [1.54, 1.807) is 32.3 Å². The van der Waals surface area contributed by atoms with Crippen molar-refractivity contribution in [2.45, 2.75) is 13.8 Å². The van der Waals surface area contributed by atoms with Crippen molar-refractivity contribution in [2.24, 2.45) is 10.6 Å². The zero-order chi connectivity index (χ0) is 9.90. The molecule has 0 aliphatic heterocycles. The highest BCUT2D eigenvalue weighted by molar-refractivity contribution is 5.88. The fraction of sp³-hybridized carbons (Fsp3) is 0.500. The van der Waals surface area contributed by atoms with E-state index in [4.69, 9.17) is 5.21 Å². The van der Waals surface area contributed by atoms with Gasteiger partial charge in [-0.2, -0.15) is 5.10 Å². The lowest BCUT2D eigenvalue weighted by Crippen LogP contribution is -2.33. The number of rotatable bonds is 2. The second kappa shape index (κ2) is 3.55. The highest BCUT2D eigenvalue weighted by atomic mass is 19.1. The first kappa shape index (κ1) is 9.70. The van der Waals surface area contributed by atoms with Crippen LogP contribution in [0.2, 0.25) is 0 Å². The van der Waals surface area contributed by atoms with Crippen LogP contribution in [0, 0.1) is 5.41 Å². The van der Waals surface area contributed by atoms with Gasteiger partial charge in [0.2, 0.25) is 0 Å². The van der Waals surface area contributed by atoms with Crippen LogP contribution in [0.1, 0.15) is 13.8 Å². The van der Waals surface area contributed by atoms with Gasteiger partial charge in [-0.25, -0.2) is 4.68 Å². The highest BCUT2D eigenvalue weighted by Gasteiger charge is 2.27. The Balaban J connectivity index is 3.01. The molecule has 1 rings (SSSR count). The predicted octanol–water partition coefficient (Wildman–Crippen LogP) is 1.51. The maximum absolute atomic E-state index is 12.6. The molecule has 0 saturated heterocycles. The summed E-state index contributed by atoms with van der Waals surface area (Å²) in [5, 5.41) is 15.6. The van der Waals surface area contributed by atoms with E-state index in [2.05, 4.69) is 10.3 Å². The Bertz CT molecular complexity index is 292. The Labute approximate surface area is 75.7 Å². The van der Waals surface area contributed by atoms with E-state index in [9.17, 15) is 4.39 Å². The number of halogens is 1. The van der Waals surface area contributed by atoms with Crippen molar-refractivity contribution in [3.8, 4) is 0 Å². The van der Waals surface area contributed by atoms with Crippen LogP contribution in [0.15, 0.2) is 23.6 Å². The SMILES string of the molecule is CC(C)(CF)/C(=N/O)n1cccn1. The Hall–Kier alpha value is -1.39. The topological polar surface area (TPSA) is 50.4 Å². The van der Waals surface area contributed by atoms with Gasteiger partial charge in [-0.3, -0.25) is 4.39 Å². The lowest BCUT2D eigenvalue weighted by atomic mass is 9.94. The molecule has 0 atom stereocenters. The second-order valence-corrected chi connectivity index (χ2v) is 3.39. The maximum Gasteiger partial charge on any atom is 0.176 e. The maximum atomic E-state index is 12.6. The van der Waals surface area contributed by atoms with Crippen LogP contribution in [0.5, 0.6) is 0 Å². The summed E-state index contributed by atoms with van der Waals surface area (Å²) in [5.41, 5.74) is -0.833. The molecule has 1 N–H and O–H groups in total. The lowest BCUT2D eigenvalue weighted by molar-refractivity contribution is 0.285. The molecule has 0 aromatic carbocycles. The minimum Gasteiger partial charge on any atom is -0.409 e. The molecule has 72 valence electrons. The molecule has 0 unspecified atom stereocenters. The van der Waals surface area contributed by atoms with Gasteiger partial charge < -0.3 is 5.21 Å². The van der Waals surface area contributed by atoms with E-state index in [0.717, 1.165) is 0 Å². The average Bonchev–Trinajstić information content (AvgIpc) is 2.58. The minimum absolute atomic E-state index is 0.194. The average molecular weight is 185 g/mol. The molecule has 0 fully saturated rings. The number of aromatic nitrogens is 2. The molecule has 1 aromatic rings. The monoisotopic (exact) mass is 185 g/mol. The fourth-order valence-corrected chi connectivity index (χ4v) is 0.945. The van der Waals surface area contributed by atoms with Gasteiger partial charge in [0.1, 0.15) is 6.67 Å². The normalized spacial score (nSPS) is 13.3. The molecular formula is C8H12FN3O. The first-order valence-corrected chi connectivity index (χ1v) is 3.90. The van der Waals surface area contributed by atoms with Crippen molar-refractivity contribution in [1.82, 2.24) is 9.78 Å². The molecule has 0 bridgehead atoms. The Morgan fingerprint density at radius 2 is 2.38 bits per heavy atom. The van der Waals surface area contributed by atoms with Gasteiger partial charge in [0, 0.05) is 12.4 Å². The summed E-state index contributed by atoms with van der Waals surface area (Å²) in [5.74, 6) is 0.194. The van der Waals surface area contributed by atoms with Crippen LogP contribution >= 0.6 is 0 Å². The lowest BCUT2D eigenvalue weighted by Gasteiger charge is -2.20. The third kappa shape index (κ3) is 1.85. The van der Waals surface area contributed by atoms with Crippen molar-refractivity contribution >= 4 is 5.84 Å². The second-order valence-electron chi connectivity index (χ2n) is 3.39. The van der Waals surface area contributed by atoms with Crippen LogP contribution in [0.4, 0.5) is 4.39 Å². The summed E-state index contributed by atoms with van der Waals surface area (Å²) >= 11 is 0. The molecule has 13 heavy (non-hydrogen) atoms. The molecule has 1 heterocycles. The third-order valence-electron chi connectivity index (χ3n) is 1.76. The summed E-state index contributed by atoms with van der Waals surface area (Å²) in [6.07, 6.45) is 3.14.